The summed E-state index contributed by atoms with van der Waals surface area (Å²) in [6.07, 6.45) is 9.18. The first-order valence-electron chi connectivity index (χ1n) is 10.1. The lowest BCUT2D eigenvalue weighted by molar-refractivity contribution is -0.148. The molecule has 1 saturated carbocycles. The summed E-state index contributed by atoms with van der Waals surface area (Å²) in [7, 11) is 1.48. The van der Waals surface area contributed by atoms with Crippen LogP contribution in [-0.4, -0.2) is 30.2 Å². The SMILES string of the molecule is C=C(/C=C\C=C(/C)C(=O)NCc1ccc(O)c(OC)c1)[C@H]1CC[C@@H](OC(C)=O)CC1. The standard InChI is InChI=1S/C24H31NO5/c1-16(20-9-11-21(12-10-20)30-18(3)26)6-5-7-17(2)24(28)25-15-19-8-13-22(27)23(14-19)29-4/h5-8,13-14,20-21,27H,1,9-12,15H2,2-4H3,(H,25,28)/b6-5-,17-7+/t20-,21+. The molecule has 1 aromatic carbocycles. The Labute approximate surface area is 178 Å². The summed E-state index contributed by atoms with van der Waals surface area (Å²) in [6.45, 7) is 7.68. The number of phenols is 1. The molecular weight excluding hydrogens is 382 g/mol. The lowest BCUT2D eigenvalue weighted by atomic mass is 9.83. The van der Waals surface area contributed by atoms with Crippen molar-refractivity contribution in [1.29, 1.82) is 0 Å². The van der Waals surface area contributed by atoms with Crippen molar-refractivity contribution in [1.82, 2.24) is 5.32 Å². The van der Waals surface area contributed by atoms with Crippen LogP contribution in [-0.2, 0) is 20.9 Å². The molecule has 1 aliphatic rings. The monoisotopic (exact) mass is 413 g/mol. The molecule has 0 heterocycles. The van der Waals surface area contributed by atoms with Gasteiger partial charge < -0.3 is 19.9 Å². The number of aromatic hydroxyl groups is 1. The Balaban J connectivity index is 1.80. The van der Waals surface area contributed by atoms with Gasteiger partial charge in [0.2, 0.25) is 5.91 Å². The Bertz CT molecular complexity index is 832. The number of allylic oxidation sites excluding steroid dienone is 4. The van der Waals surface area contributed by atoms with E-state index in [-0.39, 0.29) is 23.7 Å². The van der Waals surface area contributed by atoms with Crippen LogP contribution in [0, 0.1) is 5.92 Å². The number of phenolic OH excluding ortho intramolecular Hbond substituents is 1. The molecule has 0 radical (unpaired) electrons. The maximum absolute atomic E-state index is 12.3. The van der Waals surface area contributed by atoms with Crippen LogP contribution >= 0.6 is 0 Å². The second-order valence-corrected chi connectivity index (χ2v) is 7.56. The van der Waals surface area contributed by atoms with Gasteiger partial charge in [-0.3, -0.25) is 9.59 Å². The number of amides is 1. The van der Waals surface area contributed by atoms with Gasteiger partial charge in [-0.05, 0) is 56.2 Å². The van der Waals surface area contributed by atoms with Gasteiger partial charge >= 0.3 is 5.97 Å². The van der Waals surface area contributed by atoms with E-state index in [0.29, 0.717) is 23.8 Å². The zero-order chi connectivity index (χ0) is 22.1. The average Bonchev–Trinajstić information content (AvgIpc) is 2.72. The molecule has 1 fully saturated rings. The Morgan fingerprint density at radius 1 is 1.23 bits per heavy atom. The summed E-state index contributed by atoms with van der Waals surface area (Å²) in [6, 6.07) is 4.96. The third kappa shape index (κ3) is 7.10. The van der Waals surface area contributed by atoms with E-state index in [2.05, 4.69) is 11.9 Å². The van der Waals surface area contributed by atoms with E-state index >= 15 is 0 Å². The van der Waals surface area contributed by atoms with Crippen molar-refractivity contribution < 1.29 is 24.2 Å². The minimum Gasteiger partial charge on any atom is -0.504 e. The Morgan fingerprint density at radius 2 is 1.93 bits per heavy atom. The normalized spacial score (nSPS) is 19.4. The molecule has 1 aromatic rings. The number of methoxy groups -OCH3 is 1. The molecule has 0 aromatic heterocycles. The van der Waals surface area contributed by atoms with Gasteiger partial charge in [-0.15, -0.1) is 0 Å². The van der Waals surface area contributed by atoms with Crippen molar-refractivity contribution in [3.05, 3.63) is 59.7 Å². The Hall–Kier alpha value is -3.02. The molecule has 0 bridgehead atoms. The van der Waals surface area contributed by atoms with E-state index in [1.54, 1.807) is 25.1 Å². The topological polar surface area (TPSA) is 84.9 Å². The van der Waals surface area contributed by atoms with Gasteiger partial charge in [0, 0.05) is 19.0 Å². The smallest absolute Gasteiger partial charge is 0.302 e. The molecule has 162 valence electrons. The van der Waals surface area contributed by atoms with Crippen LogP contribution in [0.15, 0.2) is 54.2 Å². The molecule has 2 rings (SSSR count). The van der Waals surface area contributed by atoms with Gasteiger partial charge in [-0.25, -0.2) is 0 Å². The molecule has 0 atom stereocenters. The lowest BCUT2D eigenvalue weighted by Crippen LogP contribution is -2.24. The van der Waals surface area contributed by atoms with Crippen molar-refractivity contribution in [2.24, 2.45) is 5.92 Å². The molecule has 6 heteroatoms. The number of esters is 1. The van der Waals surface area contributed by atoms with Crippen LogP contribution in [0.3, 0.4) is 0 Å². The van der Waals surface area contributed by atoms with Crippen molar-refractivity contribution in [2.75, 3.05) is 7.11 Å². The van der Waals surface area contributed by atoms with Crippen LogP contribution in [0.1, 0.15) is 45.1 Å². The van der Waals surface area contributed by atoms with Crippen LogP contribution in [0.5, 0.6) is 11.5 Å². The summed E-state index contributed by atoms with van der Waals surface area (Å²) in [5.74, 6) is 0.422. The number of carbonyl (C=O) groups is 2. The van der Waals surface area contributed by atoms with Gasteiger partial charge in [0.1, 0.15) is 6.10 Å². The number of hydrogen-bond acceptors (Lipinski definition) is 5. The fraction of sp³-hybridized carbons (Fsp3) is 0.417. The fourth-order valence-electron chi connectivity index (χ4n) is 3.47. The number of rotatable bonds is 8. The van der Waals surface area contributed by atoms with Crippen LogP contribution in [0.25, 0.3) is 0 Å². The van der Waals surface area contributed by atoms with Gasteiger partial charge in [0.15, 0.2) is 11.5 Å². The van der Waals surface area contributed by atoms with Crippen LogP contribution in [0.4, 0.5) is 0 Å². The number of hydrogen-bond donors (Lipinski definition) is 2. The highest BCUT2D eigenvalue weighted by Crippen LogP contribution is 2.31. The first-order chi connectivity index (χ1) is 14.3. The van der Waals surface area contributed by atoms with E-state index in [9.17, 15) is 14.7 Å². The van der Waals surface area contributed by atoms with E-state index in [1.165, 1.54) is 20.1 Å². The van der Waals surface area contributed by atoms with Crippen molar-refractivity contribution in [2.45, 2.75) is 52.2 Å². The van der Waals surface area contributed by atoms with Crippen molar-refractivity contribution in [3.8, 4) is 11.5 Å². The van der Waals surface area contributed by atoms with E-state index in [0.717, 1.165) is 36.8 Å². The van der Waals surface area contributed by atoms with E-state index in [4.69, 9.17) is 9.47 Å². The first-order valence-corrected chi connectivity index (χ1v) is 10.1. The van der Waals surface area contributed by atoms with Crippen LogP contribution in [0.2, 0.25) is 0 Å². The highest BCUT2D eigenvalue weighted by atomic mass is 16.5. The minimum absolute atomic E-state index is 0.0231. The molecule has 0 spiro atoms. The highest BCUT2D eigenvalue weighted by Gasteiger charge is 2.23. The highest BCUT2D eigenvalue weighted by molar-refractivity contribution is 5.93. The van der Waals surface area contributed by atoms with Gasteiger partial charge in [-0.1, -0.05) is 36.4 Å². The lowest BCUT2D eigenvalue weighted by Gasteiger charge is -2.28. The maximum atomic E-state index is 12.3. The number of benzene rings is 1. The van der Waals surface area contributed by atoms with Crippen molar-refractivity contribution >= 4 is 11.9 Å². The molecule has 1 aliphatic carbocycles. The molecular formula is C24H31NO5. The average molecular weight is 414 g/mol. The summed E-state index contributed by atoms with van der Waals surface area (Å²) in [5, 5.41) is 12.5. The quantitative estimate of drug-likeness (QED) is 0.379. The molecule has 2 N–H and O–H groups in total. The number of carbonyl (C=O) groups excluding carboxylic acids is 2. The predicted octanol–water partition coefficient (Wildman–Crippen LogP) is 4.20. The Morgan fingerprint density at radius 3 is 2.57 bits per heavy atom. The van der Waals surface area contributed by atoms with Gasteiger partial charge in [0.25, 0.3) is 0 Å². The predicted molar refractivity (Wildman–Crippen MR) is 116 cm³/mol. The fourth-order valence-corrected chi connectivity index (χ4v) is 3.47. The summed E-state index contributed by atoms with van der Waals surface area (Å²) >= 11 is 0. The molecule has 0 saturated heterocycles. The van der Waals surface area contributed by atoms with Gasteiger partial charge in [-0.2, -0.15) is 0 Å². The van der Waals surface area contributed by atoms with Crippen LogP contribution < -0.4 is 10.1 Å². The minimum atomic E-state index is -0.222. The van der Waals surface area contributed by atoms with Gasteiger partial charge in [0.05, 0.1) is 7.11 Å². The maximum Gasteiger partial charge on any atom is 0.302 e. The second kappa shape index (κ2) is 11.2. The number of ether oxygens (including phenoxy) is 2. The van der Waals surface area contributed by atoms with Crippen molar-refractivity contribution in [3.63, 3.8) is 0 Å². The van der Waals surface area contributed by atoms with E-state index in [1.807, 2.05) is 12.2 Å². The Kier molecular flexibility index (Phi) is 8.71. The molecule has 30 heavy (non-hydrogen) atoms. The third-order valence-corrected chi connectivity index (χ3v) is 5.24. The zero-order valence-electron chi connectivity index (χ0n) is 17.9. The molecule has 0 aliphatic heterocycles. The molecule has 0 unspecified atom stereocenters. The summed E-state index contributed by atoms with van der Waals surface area (Å²) in [4.78, 5) is 23.3. The molecule has 6 nitrogen and oxygen atoms in total. The molecule has 1 amide bonds. The zero-order valence-corrected chi connectivity index (χ0v) is 17.9. The largest absolute Gasteiger partial charge is 0.504 e. The second-order valence-electron chi connectivity index (χ2n) is 7.56. The summed E-state index contributed by atoms with van der Waals surface area (Å²) < 4.78 is 10.3. The summed E-state index contributed by atoms with van der Waals surface area (Å²) in [5.41, 5.74) is 2.44. The van der Waals surface area contributed by atoms with E-state index < -0.39 is 0 Å². The third-order valence-electron chi connectivity index (χ3n) is 5.24. The number of nitrogens with one attached hydrogen (secondary N) is 1. The first kappa shape index (κ1) is 23.3.